The Labute approximate surface area is 143 Å². The van der Waals surface area contributed by atoms with Crippen LogP contribution in [0.5, 0.6) is 0 Å². The average molecular weight is 329 g/mol. The zero-order chi connectivity index (χ0) is 17.5. The number of esters is 1. The topological polar surface area (TPSA) is 58.9 Å². The Morgan fingerprint density at radius 3 is 2.79 bits per heavy atom. The van der Waals surface area contributed by atoms with Crippen molar-refractivity contribution in [2.75, 3.05) is 7.11 Å². The van der Waals surface area contributed by atoms with E-state index in [2.05, 4.69) is 44.1 Å². The zero-order valence-corrected chi connectivity index (χ0v) is 15.1. The lowest BCUT2D eigenvalue weighted by atomic mass is 9.49. The van der Waals surface area contributed by atoms with Crippen molar-refractivity contribution in [3.8, 4) is 0 Å². The van der Waals surface area contributed by atoms with Crippen molar-refractivity contribution in [2.45, 2.75) is 58.3 Å². The van der Waals surface area contributed by atoms with Gasteiger partial charge in [-0.25, -0.2) is 0 Å². The number of carbonyl (C=O) groups excluding carboxylic acids is 1. The minimum atomic E-state index is -0.154. The van der Waals surface area contributed by atoms with Crippen LogP contribution in [-0.2, 0) is 14.9 Å². The van der Waals surface area contributed by atoms with E-state index < -0.39 is 0 Å². The van der Waals surface area contributed by atoms with Crippen molar-refractivity contribution in [3.05, 3.63) is 34.9 Å². The van der Waals surface area contributed by atoms with Crippen molar-refractivity contribution in [2.24, 2.45) is 16.5 Å². The highest BCUT2D eigenvalue weighted by Gasteiger charge is 2.53. The third kappa shape index (κ3) is 2.52. The number of aryl methyl sites for hydroxylation is 1. The minimum absolute atomic E-state index is 0.00174. The normalized spacial score (nSPS) is 33.7. The fraction of sp³-hybridized carbons (Fsp3) is 0.600. The largest absolute Gasteiger partial charge is 0.469 e. The van der Waals surface area contributed by atoms with Gasteiger partial charge in [-0.05, 0) is 54.6 Å². The van der Waals surface area contributed by atoms with E-state index in [1.165, 1.54) is 18.2 Å². The molecule has 1 aromatic rings. The molecular weight excluding hydrogens is 302 g/mol. The summed E-state index contributed by atoms with van der Waals surface area (Å²) >= 11 is 0. The van der Waals surface area contributed by atoms with Gasteiger partial charge in [-0.15, -0.1) is 0 Å². The molecule has 0 bridgehead atoms. The molecule has 1 saturated carbocycles. The summed E-state index contributed by atoms with van der Waals surface area (Å²) in [6.45, 7) is 6.57. The predicted molar refractivity (Wildman–Crippen MR) is 93.6 cm³/mol. The molecule has 0 heterocycles. The smallest absolute Gasteiger partial charge is 0.306 e. The number of methoxy groups -OCH3 is 1. The molecule has 2 unspecified atom stereocenters. The van der Waals surface area contributed by atoms with E-state index in [-0.39, 0.29) is 22.7 Å². The predicted octanol–water partition coefficient (Wildman–Crippen LogP) is 4.20. The number of hydrogen-bond acceptors (Lipinski definition) is 4. The molecule has 1 fully saturated rings. The Morgan fingerprint density at radius 1 is 1.38 bits per heavy atom. The van der Waals surface area contributed by atoms with E-state index in [1.54, 1.807) is 0 Å². The first-order valence-corrected chi connectivity index (χ1v) is 8.73. The molecule has 0 radical (unpaired) electrons. The van der Waals surface area contributed by atoms with E-state index in [4.69, 9.17) is 4.74 Å². The van der Waals surface area contributed by atoms with Gasteiger partial charge >= 0.3 is 5.97 Å². The molecule has 4 nitrogen and oxygen atoms in total. The van der Waals surface area contributed by atoms with Crippen molar-refractivity contribution in [3.63, 3.8) is 0 Å². The Morgan fingerprint density at radius 2 is 2.12 bits per heavy atom. The van der Waals surface area contributed by atoms with Crippen LogP contribution in [0.4, 0.5) is 0 Å². The number of ether oxygens (including phenoxy) is 1. The van der Waals surface area contributed by atoms with Crippen molar-refractivity contribution in [1.29, 1.82) is 0 Å². The van der Waals surface area contributed by atoms with Gasteiger partial charge in [-0.3, -0.25) is 4.79 Å². The number of benzene rings is 1. The Balaban J connectivity index is 2.11. The Bertz CT molecular complexity index is 696. The van der Waals surface area contributed by atoms with Gasteiger partial charge in [-0.2, -0.15) is 0 Å². The molecule has 4 heteroatoms. The molecule has 2 aliphatic carbocycles. The highest BCUT2D eigenvalue weighted by Crippen LogP contribution is 2.58. The van der Waals surface area contributed by atoms with Crippen LogP contribution in [0, 0.1) is 18.3 Å². The van der Waals surface area contributed by atoms with Crippen molar-refractivity contribution >= 4 is 11.7 Å². The second-order valence-electron chi connectivity index (χ2n) is 8.03. The molecule has 0 saturated heterocycles. The van der Waals surface area contributed by atoms with E-state index in [0.717, 1.165) is 30.5 Å². The molecule has 0 spiro atoms. The summed E-state index contributed by atoms with van der Waals surface area (Å²) in [5.41, 5.74) is 4.10. The van der Waals surface area contributed by atoms with E-state index in [0.29, 0.717) is 12.8 Å². The second kappa shape index (κ2) is 5.91. The highest BCUT2D eigenvalue weighted by atomic mass is 16.5. The molecular formula is C20H27NO3. The third-order valence-electron chi connectivity index (χ3n) is 6.45. The van der Waals surface area contributed by atoms with Gasteiger partial charge in [0.1, 0.15) is 0 Å². The summed E-state index contributed by atoms with van der Waals surface area (Å²) in [4.78, 5) is 12.0. The van der Waals surface area contributed by atoms with Gasteiger partial charge in [-0.1, -0.05) is 43.1 Å². The second-order valence-corrected chi connectivity index (χ2v) is 8.03. The van der Waals surface area contributed by atoms with Crippen LogP contribution in [-0.4, -0.2) is 24.0 Å². The SMILES string of the molecule is COC(=O)CC1(C)CCCC2(C)c3ccc(C)cc3/C(=N\O)C[C@@H]12. The fourth-order valence-electron chi connectivity index (χ4n) is 5.18. The molecule has 130 valence electrons. The summed E-state index contributed by atoms with van der Waals surface area (Å²) in [6, 6.07) is 6.44. The lowest BCUT2D eigenvalue weighted by Crippen LogP contribution is -2.51. The van der Waals surface area contributed by atoms with E-state index in [1.807, 2.05) is 0 Å². The molecule has 0 amide bonds. The first-order valence-electron chi connectivity index (χ1n) is 8.73. The van der Waals surface area contributed by atoms with Crippen LogP contribution in [0.1, 0.15) is 62.6 Å². The fourth-order valence-corrected chi connectivity index (χ4v) is 5.18. The molecule has 0 aromatic heterocycles. The standard InChI is InChI=1S/C20H27NO3/c1-13-6-7-15-14(10-13)16(21-23)11-17-19(2,12-18(22)24-4)8-5-9-20(15,17)3/h6-7,10,17,23H,5,8-9,11-12H2,1-4H3/b21-16-/t17-,19?,20?/m0/s1. The highest BCUT2D eigenvalue weighted by molar-refractivity contribution is 6.03. The summed E-state index contributed by atoms with van der Waals surface area (Å²) in [5, 5.41) is 13.2. The molecule has 1 N–H and O–H groups in total. The van der Waals surface area contributed by atoms with Gasteiger partial charge in [0.15, 0.2) is 0 Å². The number of rotatable bonds is 2. The molecule has 1 aromatic carbocycles. The number of fused-ring (bicyclic) bond motifs is 3. The van der Waals surface area contributed by atoms with Crippen LogP contribution in [0.15, 0.2) is 23.4 Å². The maximum Gasteiger partial charge on any atom is 0.306 e. The van der Waals surface area contributed by atoms with Crippen LogP contribution in [0.2, 0.25) is 0 Å². The number of nitrogens with zero attached hydrogens (tertiary/aromatic N) is 1. The van der Waals surface area contributed by atoms with Crippen LogP contribution in [0.3, 0.4) is 0 Å². The van der Waals surface area contributed by atoms with Gasteiger partial charge in [0, 0.05) is 5.56 Å². The quantitative estimate of drug-likeness (QED) is 0.502. The van der Waals surface area contributed by atoms with Gasteiger partial charge in [0.25, 0.3) is 0 Å². The van der Waals surface area contributed by atoms with Crippen molar-refractivity contribution in [1.82, 2.24) is 0 Å². The number of carbonyl (C=O) groups is 1. The Kier molecular flexibility index (Phi) is 4.18. The first kappa shape index (κ1) is 17.0. The molecule has 0 aliphatic heterocycles. The van der Waals surface area contributed by atoms with Gasteiger partial charge in [0.05, 0.1) is 19.2 Å². The van der Waals surface area contributed by atoms with Gasteiger partial charge < -0.3 is 9.94 Å². The van der Waals surface area contributed by atoms with Crippen LogP contribution in [0.25, 0.3) is 0 Å². The summed E-state index contributed by atoms with van der Waals surface area (Å²) < 4.78 is 4.95. The molecule has 3 atom stereocenters. The lowest BCUT2D eigenvalue weighted by Gasteiger charge is -2.55. The number of hydrogen-bond donors (Lipinski definition) is 1. The maximum atomic E-state index is 12.0. The average Bonchev–Trinajstić information content (AvgIpc) is 2.54. The zero-order valence-electron chi connectivity index (χ0n) is 15.1. The van der Waals surface area contributed by atoms with E-state index >= 15 is 0 Å². The van der Waals surface area contributed by atoms with Gasteiger partial charge in [0.2, 0.25) is 0 Å². The van der Waals surface area contributed by atoms with Crippen molar-refractivity contribution < 1.29 is 14.7 Å². The maximum absolute atomic E-state index is 12.0. The molecule has 2 aliphatic rings. The molecule has 24 heavy (non-hydrogen) atoms. The van der Waals surface area contributed by atoms with Crippen LogP contribution < -0.4 is 0 Å². The first-order chi connectivity index (χ1) is 11.3. The monoisotopic (exact) mass is 329 g/mol. The third-order valence-corrected chi connectivity index (χ3v) is 6.45. The Hall–Kier alpha value is -1.84. The molecule has 3 rings (SSSR count). The number of oxime groups is 1. The summed E-state index contributed by atoms with van der Waals surface area (Å²) in [6.07, 6.45) is 4.32. The summed E-state index contributed by atoms with van der Waals surface area (Å²) in [5.74, 6) is 0.109. The van der Waals surface area contributed by atoms with Crippen LogP contribution >= 0.6 is 0 Å². The summed E-state index contributed by atoms with van der Waals surface area (Å²) in [7, 11) is 1.45. The van der Waals surface area contributed by atoms with E-state index in [9.17, 15) is 10.0 Å². The lowest BCUT2D eigenvalue weighted by molar-refractivity contribution is -0.145. The minimum Gasteiger partial charge on any atom is -0.469 e.